The topological polar surface area (TPSA) is 60.9 Å². The molecule has 8 aromatic rings. The highest BCUT2D eigenvalue weighted by Gasteiger charge is 2.22. The highest BCUT2D eigenvalue weighted by Crippen LogP contribution is 2.43. The van der Waals surface area contributed by atoms with Gasteiger partial charge in [0.15, 0.2) is 0 Å². The zero-order valence-corrected chi connectivity index (χ0v) is 38.2. The number of hydrogen-bond acceptors (Lipinski definition) is 5. The fourth-order valence-electron chi connectivity index (χ4n) is 10.0. The van der Waals surface area contributed by atoms with Crippen LogP contribution in [0.25, 0.3) is 39.9 Å². The van der Waals surface area contributed by atoms with Crippen LogP contribution in [0.5, 0.6) is 5.75 Å². The molecule has 0 fully saturated rings. The van der Waals surface area contributed by atoms with Crippen molar-refractivity contribution < 1.29 is 9.53 Å². The normalized spacial score (nSPS) is 13.1. The first-order chi connectivity index (χ1) is 33.5. The molecule has 6 heteroatoms. The fourth-order valence-corrected chi connectivity index (χ4v) is 10.0. The van der Waals surface area contributed by atoms with Gasteiger partial charge in [-0.2, -0.15) is 5.26 Å². The molecule has 0 heterocycles. The van der Waals surface area contributed by atoms with Crippen molar-refractivity contribution >= 4 is 81.2 Å². The van der Waals surface area contributed by atoms with Crippen molar-refractivity contribution in [2.75, 3.05) is 16.9 Å². The molecule has 8 aromatic carbocycles. The summed E-state index contributed by atoms with van der Waals surface area (Å²) in [6.45, 7) is 8.24. The van der Waals surface area contributed by atoms with E-state index in [0.717, 1.165) is 93.5 Å². The van der Waals surface area contributed by atoms with Gasteiger partial charge in [-0.3, -0.25) is 4.79 Å². The number of anilines is 6. The first-order valence-electron chi connectivity index (χ1n) is 23.5. The molecular weight excluding hydrogens is 833 g/mol. The second kappa shape index (κ2) is 19.6. The van der Waals surface area contributed by atoms with Crippen molar-refractivity contribution in [1.82, 2.24) is 0 Å². The number of hydrogen-bond donors (Lipinski definition) is 0. The molecular formula is C62H50N4O2. The summed E-state index contributed by atoms with van der Waals surface area (Å²) in [5.74, 6) is 0.820. The van der Waals surface area contributed by atoms with Crippen LogP contribution in [0.2, 0.25) is 0 Å². The largest absolute Gasteiger partial charge is 0.497 e. The summed E-state index contributed by atoms with van der Waals surface area (Å²) in [4.78, 5) is 20.1. The van der Waals surface area contributed by atoms with Gasteiger partial charge in [0, 0.05) is 39.7 Å². The summed E-state index contributed by atoms with van der Waals surface area (Å²) in [7, 11) is 1.69. The zero-order valence-electron chi connectivity index (χ0n) is 38.2. The van der Waals surface area contributed by atoms with E-state index in [-0.39, 0.29) is 0 Å². The molecule has 0 aromatic heterocycles. The molecule has 0 N–H and O–H groups in total. The van der Waals surface area contributed by atoms with E-state index in [1.54, 1.807) is 7.11 Å². The van der Waals surface area contributed by atoms with E-state index in [9.17, 15) is 10.1 Å². The van der Waals surface area contributed by atoms with Gasteiger partial charge in [0.25, 0.3) is 0 Å². The number of carbonyl (C=O) groups is 1. The smallest absolute Gasteiger partial charge is 0.202 e. The molecule has 0 saturated heterocycles. The maximum Gasteiger partial charge on any atom is 0.202 e. The number of methoxy groups -OCH3 is 1. The Morgan fingerprint density at radius 2 is 0.985 bits per heavy atom. The lowest BCUT2D eigenvalue weighted by molar-refractivity contribution is 0.112. The molecule has 6 nitrogen and oxygen atoms in total. The monoisotopic (exact) mass is 882 g/mol. The summed E-state index contributed by atoms with van der Waals surface area (Å²) in [5, 5.41) is 12.0. The van der Waals surface area contributed by atoms with Crippen molar-refractivity contribution in [2.24, 2.45) is 0 Å². The summed E-state index contributed by atoms with van der Waals surface area (Å²) < 4.78 is 5.49. The molecule has 0 unspecified atom stereocenters. The van der Waals surface area contributed by atoms with Gasteiger partial charge in [-0.15, -0.1) is 0 Å². The number of nitrogens with zero attached hydrogens (tertiary/aromatic N) is 4. The van der Waals surface area contributed by atoms with Crippen LogP contribution in [0.3, 0.4) is 0 Å². The van der Waals surface area contributed by atoms with Crippen LogP contribution < -0.4 is 14.5 Å². The Kier molecular flexibility index (Phi) is 12.5. The van der Waals surface area contributed by atoms with Crippen molar-refractivity contribution in [3.05, 3.63) is 225 Å². The summed E-state index contributed by atoms with van der Waals surface area (Å²) in [6, 6.07) is 56.5. The van der Waals surface area contributed by atoms with Gasteiger partial charge in [0.1, 0.15) is 18.1 Å². The first kappa shape index (κ1) is 43.4. The SMILES string of the molecule is [C-]#[N+]c1c(C=Cc2ccc(N(c3ccc(C=O)cc3)c3cccc4c3CCCC4)cc2)ccc2c(C#N)c(C=Cc3ccc(N(c4ccc(OC)cc4)c4cccc5c4CCCC5)cc3)ccc12. The van der Waals surface area contributed by atoms with Crippen molar-refractivity contribution in [1.29, 1.82) is 5.26 Å². The van der Waals surface area contributed by atoms with Crippen molar-refractivity contribution in [2.45, 2.75) is 51.4 Å². The van der Waals surface area contributed by atoms with Gasteiger partial charge in [-0.05, 0) is 192 Å². The molecule has 2 aliphatic carbocycles. The van der Waals surface area contributed by atoms with Crippen LogP contribution in [-0.4, -0.2) is 13.4 Å². The first-order valence-corrected chi connectivity index (χ1v) is 23.5. The highest BCUT2D eigenvalue weighted by molar-refractivity contribution is 6.03. The quantitative estimate of drug-likeness (QED) is 0.0695. The van der Waals surface area contributed by atoms with Gasteiger partial charge in [0.05, 0.1) is 19.2 Å². The molecule has 0 spiro atoms. The number of aldehydes is 1. The Morgan fingerprint density at radius 1 is 0.529 bits per heavy atom. The zero-order chi connectivity index (χ0) is 46.4. The standard InChI is InChI=1S/C62H50N4O2/c1-64-62-49(26-18-44-21-31-50(32-22-44)65(52-33-23-45(42-67)24-34-52)60-15-7-11-46-9-3-5-13-55(46)60)28-39-57-58(62)40-27-48(59(57)41-63)25-17-43-19-29-51(30-20-43)66(53-35-37-54(68-2)38-36-53)61-16-8-12-47-10-4-6-14-56(47)61/h7-8,11-12,15-40,42H,3-6,9-10,13-14H2,2H3. The Labute approximate surface area is 399 Å². The van der Waals surface area contributed by atoms with Crippen LogP contribution in [-0.2, 0) is 25.7 Å². The van der Waals surface area contributed by atoms with E-state index >= 15 is 0 Å². The third kappa shape index (κ3) is 8.69. The molecule has 0 saturated carbocycles. The highest BCUT2D eigenvalue weighted by atomic mass is 16.5. The molecule has 0 aliphatic heterocycles. The lowest BCUT2D eigenvalue weighted by Crippen LogP contribution is -2.15. The lowest BCUT2D eigenvalue weighted by Gasteiger charge is -2.30. The second-order valence-corrected chi connectivity index (χ2v) is 17.5. The molecule has 68 heavy (non-hydrogen) atoms. The summed E-state index contributed by atoms with van der Waals surface area (Å²) in [6.07, 6.45) is 18.0. The molecule has 0 amide bonds. The minimum Gasteiger partial charge on any atom is -0.497 e. The summed E-state index contributed by atoms with van der Waals surface area (Å²) in [5.41, 5.74) is 17.4. The number of benzene rings is 8. The van der Waals surface area contributed by atoms with Crippen LogP contribution in [0.15, 0.2) is 158 Å². The van der Waals surface area contributed by atoms with Crippen LogP contribution >= 0.6 is 0 Å². The number of fused-ring (bicyclic) bond motifs is 3. The van der Waals surface area contributed by atoms with E-state index in [0.29, 0.717) is 16.8 Å². The number of ether oxygens (including phenoxy) is 1. The number of nitriles is 1. The van der Waals surface area contributed by atoms with Crippen LogP contribution in [0, 0.1) is 17.9 Å². The molecule has 330 valence electrons. The van der Waals surface area contributed by atoms with E-state index < -0.39 is 0 Å². The van der Waals surface area contributed by atoms with Gasteiger partial charge < -0.3 is 14.5 Å². The number of aryl methyl sites for hydroxylation is 2. The van der Waals surface area contributed by atoms with Crippen molar-refractivity contribution in [3.63, 3.8) is 0 Å². The minimum absolute atomic E-state index is 0.512. The third-order valence-electron chi connectivity index (χ3n) is 13.5. The number of rotatable bonds is 12. The Hall–Kier alpha value is -8.45. The van der Waals surface area contributed by atoms with E-state index in [2.05, 4.69) is 118 Å². The third-order valence-corrected chi connectivity index (χ3v) is 13.5. The van der Waals surface area contributed by atoms with E-state index in [4.69, 9.17) is 11.3 Å². The predicted molar refractivity (Wildman–Crippen MR) is 280 cm³/mol. The Bertz CT molecular complexity index is 3300. The molecule has 0 radical (unpaired) electrons. The average Bonchev–Trinajstić information content (AvgIpc) is 3.40. The minimum atomic E-state index is 0.512. The van der Waals surface area contributed by atoms with Crippen molar-refractivity contribution in [3.8, 4) is 11.8 Å². The van der Waals surface area contributed by atoms with Gasteiger partial charge in [-0.25, -0.2) is 4.85 Å². The maximum atomic E-state index is 11.5. The summed E-state index contributed by atoms with van der Waals surface area (Å²) >= 11 is 0. The van der Waals surface area contributed by atoms with Gasteiger partial charge in [-0.1, -0.05) is 97.1 Å². The van der Waals surface area contributed by atoms with Gasteiger partial charge in [0.2, 0.25) is 5.69 Å². The lowest BCUT2D eigenvalue weighted by atomic mass is 9.90. The fraction of sp³-hybridized carbons (Fsp3) is 0.145. The predicted octanol–water partition coefficient (Wildman–Crippen LogP) is 16.1. The Balaban J connectivity index is 0.905. The molecule has 0 atom stereocenters. The maximum absolute atomic E-state index is 11.5. The molecule has 10 rings (SSSR count). The second-order valence-electron chi connectivity index (χ2n) is 17.5. The van der Waals surface area contributed by atoms with Crippen LogP contribution in [0.1, 0.15) is 86.1 Å². The number of carbonyl (C=O) groups excluding carboxylic acids is 1. The van der Waals surface area contributed by atoms with Gasteiger partial charge >= 0.3 is 0 Å². The van der Waals surface area contributed by atoms with E-state index in [1.807, 2.05) is 85.0 Å². The van der Waals surface area contributed by atoms with E-state index in [1.165, 1.54) is 59.3 Å². The molecule has 0 bridgehead atoms. The Morgan fingerprint density at radius 3 is 1.47 bits per heavy atom. The van der Waals surface area contributed by atoms with Crippen LogP contribution in [0.4, 0.5) is 39.8 Å². The average molecular weight is 883 g/mol. The molecule has 2 aliphatic rings.